The summed E-state index contributed by atoms with van der Waals surface area (Å²) in [6.45, 7) is 8.92. The molecule has 2 rings (SSSR count). The normalized spacial score (nSPS) is 27.2. The van der Waals surface area contributed by atoms with E-state index in [1.54, 1.807) is 0 Å². The zero-order chi connectivity index (χ0) is 14.7. The van der Waals surface area contributed by atoms with E-state index >= 15 is 0 Å². The molecule has 4 atom stereocenters. The molecule has 4 heteroatoms. The van der Waals surface area contributed by atoms with Crippen LogP contribution in [0.1, 0.15) is 38.8 Å². The van der Waals surface area contributed by atoms with Crippen LogP contribution < -0.4 is 5.73 Å². The first kappa shape index (κ1) is 16.2. The van der Waals surface area contributed by atoms with E-state index in [0.717, 1.165) is 24.5 Å². The van der Waals surface area contributed by atoms with Crippen molar-refractivity contribution in [2.24, 2.45) is 5.73 Å². The van der Waals surface area contributed by atoms with Crippen molar-refractivity contribution in [2.75, 3.05) is 13.1 Å². The molecule has 0 saturated carbocycles. The maximum absolute atomic E-state index is 6.43. The summed E-state index contributed by atoms with van der Waals surface area (Å²) in [5.41, 5.74) is 7.61. The summed E-state index contributed by atoms with van der Waals surface area (Å²) in [5, 5.41) is 2.13. The fourth-order valence-electron chi connectivity index (χ4n) is 3.08. The Kier molecular flexibility index (Phi) is 5.79. The molecule has 0 bridgehead atoms. The molecule has 1 heterocycles. The van der Waals surface area contributed by atoms with Gasteiger partial charge in [-0.05, 0) is 18.1 Å². The average molecular weight is 313 g/mol. The lowest BCUT2D eigenvalue weighted by atomic mass is 9.95. The highest BCUT2D eigenvalue weighted by Crippen LogP contribution is 2.35. The van der Waals surface area contributed by atoms with E-state index < -0.39 is 0 Å². The summed E-state index contributed by atoms with van der Waals surface area (Å²) in [6, 6.07) is 8.48. The number of hydrogen-bond acceptors (Lipinski definition) is 3. The molecule has 1 aliphatic heterocycles. The topological polar surface area (TPSA) is 29.3 Å². The van der Waals surface area contributed by atoms with Crippen molar-refractivity contribution >= 4 is 23.4 Å². The minimum Gasteiger partial charge on any atom is -0.326 e. The van der Waals surface area contributed by atoms with Gasteiger partial charge in [0.1, 0.15) is 0 Å². The van der Waals surface area contributed by atoms with Crippen molar-refractivity contribution in [1.29, 1.82) is 0 Å². The molecule has 0 amide bonds. The lowest BCUT2D eigenvalue weighted by Crippen LogP contribution is -2.48. The Hall–Kier alpha value is -0.220. The highest BCUT2D eigenvalue weighted by Gasteiger charge is 2.32. The summed E-state index contributed by atoms with van der Waals surface area (Å²) >= 11 is 8.49. The first-order valence-corrected chi connectivity index (χ1v) is 8.74. The first-order valence-electron chi connectivity index (χ1n) is 7.42. The maximum Gasteiger partial charge on any atom is 0.0514 e. The van der Waals surface area contributed by atoms with E-state index in [9.17, 15) is 0 Å². The quantitative estimate of drug-likeness (QED) is 0.913. The van der Waals surface area contributed by atoms with Crippen LogP contribution in [0.5, 0.6) is 0 Å². The summed E-state index contributed by atoms with van der Waals surface area (Å²) in [6.07, 6.45) is 0.961. The average Bonchev–Trinajstić information content (AvgIpc) is 2.40. The Morgan fingerprint density at radius 3 is 2.45 bits per heavy atom. The number of nitrogens with zero attached hydrogens (tertiary/aromatic N) is 1. The van der Waals surface area contributed by atoms with Crippen LogP contribution in [0.25, 0.3) is 0 Å². The Bertz CT molecular complexity index is 430. The second-order valence-electron chi connectivity index (χ2n) is 5.75. The summed E-state index contributed by atoms with van der Waals surface area (Å²) < 4.78 is 0. The zero-order valence-corrected chi connectivity index (χ0v) is 14.1. The Balaban J connectivity index is 2.30. The molecule has 2 nitrogen and oxygen atoms in total. The van der Waals surface area contributed by atoms with Gasteiger partial charge in [-0.1, -0.05) is 50.6 Å². The maximum atomic E-state index is 6.43. The van der Waals surface area contributed by atoms with Crippen LogP contribution in [-0.2, 0) is 0 Å². The number of thioether (sulfide) groups is 1. The molecular weight excluding hydrogens is 288 g/mol. The molecule has 2 N–H and O–H groups in total. The second kappa shape index (κ2) is 7.17. The van der Waals surface area contributed by atoms with Crippen LogP contribution in [0.4, 0.5) is 0 Å². The standard InChI is InChI=1S/C16H25ClN2S/c1-4-15(18)16(13-7-5-6-8-14(13)17)19-9-11(2)20-12(3)10-19/h5-8,11-12,15-16H,4,9-10,18H2,1-3H3. The van der Waals surface area contributed by atoms with E-state index in [-0.39, 0.29) is 12.1 Å². The molecule has 112 valence electrons. The lowest BCUT2D eigenvalue weighted by molar-refractivity contribution is 0.167. The monoisotopic (exact) mass is 312 g/mol. The van der Waals surface area contributed by atoms with E-state index in [1.807, 2.05) is 12.1 Å². The minimum atomic E-state index is 0.123. The van der Waals surface area contributed by atoms with Gasteiger partial charge in [-0.2, -0.15) is 11.8 Å². The fourth-order valence-corrected chi connectivity index (χ4v) is 4.68. The molecule has 20 heavy (non-hydrogen) atoms. The highest BCUT2D eigenvalue weighted by molar-refractivity contribution is 8.00. The van der Waals surface area contributed by atoms with Crippen molar-refractivity contribution < 1.29 is 0 Å². The van der Waals surface area contributed by atoms with E-state index in [2.05, 4.69) is 49.6 Å². The van der Waals surface area contributed by atoms with Gasteiger partial charge in [0.2, 0.25) is 0 Å². The van der Waals surface area contributed by atoms with Crippen LogP contribution >= 0.6 is 23.4 Å². The third-order valence-corrected chi connectivity index (χ3v) is 5.51. The molecule has 0 aromatic heterocycles. The van der Waals surface area contributed by atoms with Gasteiger partial charge in [-0.15, -0.1) is 0 Å². The van der Waals surface area contributed by atoms with Crippen LogP contribution in [0.2, 0.25) is 5.02 Å². The molecular formula is C16H25ClN2S. The zero-order valence-electron chi connectivity index (χ0n) is 12.6. The van der Waals surface area contributed by atoms with Crippen LogP contribution in [0, 0.1) is 0 Å². The van der Waals surface area contributed by atoms with Gasteiger partial charge in [-0.3, -0.25) is 4.90 Å². The Morgan fingerprint density at radius 2 is 1.90 bits per heavy atom. The molecule has 1 aromatic rings. The van der Waals surface area contributed by atoms with Crippen molar-refractivity contribution in [2.45, 2.75) is 49.8 Å². The van der Waals surface area contributed by atoms with Gasteiger partial charge >= 0.3 is 0 Å². The fraction of sp³-hybridized carbons (Fsp3) is 0.625. The number of halogens is 1. The van der Waals surface area contributed by atoms with Crippen molar-refractivity contribution in [1.82, 2.24) is 4.90 Å². The summed E-state index contributed by atoms with van der Waals surface area (Å²) in [4.78, 5) is 2.53. The Morgan fingerprint density at radius 1 is 1.30 bits per heavy atom. The summed E-state index contributed by atoms with van der Waals surface area (Å²) in [5.74, 6) is 0. The predicted molar refractivity (Wildman–Crippen MR) is 90.5 cm³/mol. The van der Waals surface area contributed by atoms with Crippen LogP contribution in [-0.4, -0.2) is 34.5 Å². The molecule has 4 unspecified atom stereocenters. The molecule has 1 saturated heterocycles. The second-order valence-corrected chi connectivity index (χ2v) is 8.04. The molecule has 1 aromatic carbocycles. The van der Waals surface area contributed by atoms with Gasteiger partial charge in [0.15, 0.2) is 0 Å². The van der Waals surface area contributed by atoms with E-state index in [4.69, 9.17) is 17.3 Å². The smallest absolute Gasteiger partial charge is 0.0514 e. The molecule has 0 spiro atoms. The molecule has 1 fully saturated rings. The Labute approximate surface area is 132 Å². The molecule has 0 aliphatic carbocycles. The highest BCUT2D eigenvalue weighted by atomic mass is 35.5. The largest absolute Gasteiger partial charge is 0.326 e. The third kappa shape index (κ3) is 3.70. The number of rotatable bonds is 4. The van der Waals surface area contributed by atoms with Gasteiger partial charge in [0, 0.05) is 34.7 Å². The number of nitrogens with two attached hydrogens (primary N) is 1. The van der Waals surface area contributed by atoms with Crippen LogP contribution in [0.3, 0.4) is 0 Å². The first-order chi connectivity index (χ1) is 9.52. The summed E-state index contributed by atoms with van der Waals surface area (Å²) in [7, 11) is 0. The molecule has 0 radical (unpaired) electrons. The van der Waals surface area contributed by atoms with Gasteiger partial charge in [-0.25, -0.2) is 0 Å². The van der Waals surface area contributed by atoms with Gasteiger partial charge < -0.3 is 5.73 Å². The molecule has 1 aliphatic rings. The minimum absolute atomic E-state index is 0.123. The van der Waals surface area contributed by atoms with Crippen molar-refractivity contribution in [3.05, 3.63) is 34.9 Å². The number of benzene rings is 1. The predicted octanol–water partition coefficient (Wildman–Crippen LogP) is 3.94. The SMILES string of the molecule is CCC(N)C(c1ccccc1Cl)N1CC(C)SC(C)C1. The van der Waals surface area contributed by atoms with Gasteiger partial charge in [0.25, 0.3) is 0 Å². The van der Waals surface area contributed by atoms with Crippen LogP contribution in [0.15, 0.2) is 24.3 Å². The lowest BCUT2D eigenvalue weighted by Gasteiger charge is -2.42. The van der Waals surface area contributed by atoms with E-state index in [0.29, 0.717) is 10.5 Å². The van der Waals surface area contributed by atoms with Crippen molar-refractivity contribution in [3.8, 4) is 0 Å². The van der Waals surface area contributed by atoms with Crippen molar-refractivity contribution in [3.63, 3.8) is 0 Å². The number of hydrogen-bond donors (Lipinski definition) is 1. The van der Waals surface area contributed by atoms with Gasteiger partial charge in [0.05, 0.1) is 6.04 Å². The third-order valence-electron chi connectivity index (χ3n) is 3.94. The van der Waals surface area contributed by atoms with E-state index in [1.165, 1.54) is 5.56 Å².